The maximum Gasteiger partial charge on any atom is 0.355 e. The van der Waals surface area contributed by atoms with Gasteiger partial charge in [0.05, 0.1) is 0 Å². The zero-order valence-corrected chi connectivity index (χ0v) is 12.1. The highest BCUT2D eigenvalue weighted by molar-refractivity contribution is 6.27. The van der Waals surface area contributed by atoms with Crippen LogP contribution in [-0.4, -0.2) is 32.9 Å². The van der Waals surface area contributed by atoms with Crippen LogP contribution in [-0.2, 0) is 0 Å². The molecule has 0 aliphatic heterocycles. The van der Waals surface area contributed by atoms with Crippen LogP contribution in [0.5, 0.6) is 0 Å². The van der Waals surface area contributed by atoms with E-state index in [1.807, 2.05) is 0 Å². The zero-order chi connectivity index (χ0) is 17.0. The van der Waals surface area contributed by atoms with Crippen molar-refractivity contribution < 1.29 is 24.6 Å². The van der Waals surface area contributed by atoms with Crippen molar-refractivity contribution in [3.05, 3.63) is 65.0 Å². The summed E-state index contributed by atoms with van der Waals surface area (Å²) in [5, 5.41) is 19.4. The smallest absolute Gasteiger partial charge is 0.355 e. The van der Waals surface area contributed by atoms with Gasteiger partial charge in [0.2, 0.25) is 5.78 Å². The first-order valence-corrected chi connectivity index (χ1v) is 7.08. The van der Waals surface area contributed by atoms with Crippen molar-refractivity contribution in [2.24, 2.45) is 0 Å². The van der Waals surface area contributed by atoms with Gasteiger partial charge in [0, 0.05) is 16.3 Å². The first kappa shape index (κ1) is 14.1. The summed E-state index contributed by atoms with van der Waals surface area (Å²) in [5.74, 6) is -3.29. The number of nitrogens with zero attached hydrogens (tertiary/aromatic N) is 1. The Labute approximate surface area is 135 Å². The second-order valence-corrected chi connectivity index (χ2v) is 5.40. The Morgan fingerprint density at radius 3 is 2.17 bits per heavy atom. The van der Waals surface area contributed by atoms with Crippen molar-refractivity contribution in [1.82, 2.24) is 4.98 Å². The van der Waals surface area contributed by atoms with Crippen LogP contribution in [0.2, 0.25) is 0 Å². The quantitative estimate of drug-likeness (QED) is 0.588. The van der Waals surface area contributed by atoms with Gasteiger partial charge < -0.3 is 10.2 Å². The first-order chi connectivity index (χ1) is 11.5. The van der Waals surface area contributed by atoms with E-state index in [-0.39, 0.29) is 11.1 Å². The predicted molar refractivity (Wildman–Crippen MR) is 84.5 cm³/mol. The number of fused-ring (bicyclic) bond motifs is 2. The SMILES string of the molecule is O=C(O)c1nc2c3c(cccc3c1C(=O)O)-c1ccccc1C2=O. The lowest BCUT2D eigenvalue weighted by molar-refractivity contribution is 0.0647. The lowest BCUT2D eigenvalue weighted by Gasteiger charge is -2.20. The summed E-state index contributed by atoms with van der Waals surface area (Å²) in [4.78, 5) is 39.7. The molecule has 24 heavy (non-hydrogen) atoms. The van der Waals surface area contributed by atoms with Crippen LogP contribution in [0.4, 0.5) is 0 Å². The lowest BCUT2D eigenvalue weighted by Crippen LogP contribution is -2.19. The largest absolute Gasteiger partial charge is 0.478 e. The molecule has 1 heterocycles. The molecular formula is C18H9NO5. The number of carbonyl (C=O) groups is 3. The van der Waals surface area contributed by atoms with E-state index in [0.29, 0.717) is 22.1 Å². The van der Waals surface area contributed by atoms with Gasteiger partial charge >= 0.3 is 11.9 Å². The normalized spacial score (nSPS) is 12.1. The average Bonchev–Trinajstić information content (AvgIpc) is 2.58. The molecule has 0 radical (unpaired) electrons. The molecule has 0 saturated carbocycles. The second kappa shape index (κ2) is 4.73. The summed E-state index contributed by atoms with van der Waals surface area (Å²) in [6.07, 6.45) is 0. The van der Waals surface area contributed by atoms with Gasteiger partial charge in [-0.05, 0) is 11.1 Å². The van der Waals surface area contributed by atoms with Gasteiger partial charge in [0.25, 0.3) is 0 Å². The Bertz CT molecular complexity index is 1080. The van der Waals surface area contributed by atoms with E-state index in [1.165, 1.54) is 6.07 Å². The van der Waals surface area contributed by atoms with Gasteiger partial charge in [0.1, 0.15) is 11.3 Å². The Balaban J connectivity index is 2.26. The summed E-state index contributed by atoms with van der Waals surface area (Å²) >= 11 is 0. The van der Waals surface area contributed by atoms with E-state index in [2.05, 4.69) is 4.98 Å². The molecule has 1 aliphatic rings. The highest BCUT2D eigenvalue weighted by atomic mass is 16.4. The Kier molecular flexibility index (Phi) is 2.77. The van der Waals surface area contributed by atoms with E-state index >= 15 is 0 Å². The number of carboxylic acid groups (broad SMARTS) is 2. The molecule has 0 amide bonds. The summed E-state index contributed by atoms with van der Waals surface area (Å²) in [5.41, 5.74) is 0.711. The van der Waals surface area contributed by atoms with Crippen molar-refractivity contribution in [3.63, 3.8) is 0 Å². The number of carbonyl (C=O) groups excluding carboxylic acids is 1. The average molecular weight is 319 g/mol. The Morgan fingerprint density at radius 1 is 0.833 bits per heavy atom. The Hall–Kier alpha value is -3.54. The van der Waals surface area contributed by atoms with Crippen LogP contribution in [0.3, 0.4) is 0 Å². The van der Waals surface area contributed by atoms with Crippen LogP contribution in [0.25, 0.3) is 21.9 Å². The molecule has 0 atom stereocenters. The molecule has 2 N–H and O–H groups in total. The summed E-state index contributed by atoms with van der Waals surface area (Å²) in [6.45, 7) is 0. The van der Waals surface area contributed by atoms with E-state index < -0.39 is 29.0 Å². The fourth-order valence-electron chi connectivity index (χ4n) is 3.17. The third-order valence-electron chi connectivity index (χ3n) is 4.12. The molecule has 0 unspecified atom stereocenters. The van der Waals surface area contributed by atoms with E-state index in [0.717, 1.165) is 0 Å². The molecule has 0 bridgehead atoms. The van der Waals surface area contributed by atoms with Crippen LogP contribution in [0.15, 0.2) is 42.5 Å². The van der Waals surface area contributed by atoms with Crippen molar-refractivity contribution in [2.75, 3.05) is 0 Å². The minimum absolute atomic E-state index is 0.0262. The van der Waals surface area contributed by atoms with Crippen molar-refractivity contribution in [3.8, 4) is 11.1 Å². The third-order valence-corrected chi connectivity index (χ3v) is 4.12. The standard InChI is InChI=1S/C18H9NO5/c20-16-10-5-2-1-4-8(10)9-6-3-7-11-12(9)14(16)19-15(18(23)24)13(11)17(21)22/h1-7H,(H,21,22)(H,23,24). The molecule has 0 spiro atoms. The van der Waals surface area contributed by atoms with Gasteiger partial charge in [-0.3, -0.25) is 4.79 Å². The number of benzene rings is 2. The number of rotatable bonds is 2. The number of hydrogen-bond acceptors (Lipinski definition) is 4. The molecule has 1 aliphatic carbocycles. The van der Waals surface area contributed by atoms with Crippen molar-refractivity contribution >= 4 is 28.5 Å². The molecule has 4 rings (SSSR count). The van der Waals surface area contributed by atoms with Crippen LogP contribution >= 0.6 is 0 Å². The number of aromatic nitrogens is 1. The molecule has 2 aromatic carbocycles. The van der Waals surface area contributed by atoms with Gasteiger partial charge in [-0.1, -0.05) is 42.5 Å². The second-order valence-electron chi connectivity index (χ2n) is 5.40. The van der Waals surface area contributed by atoms with Crippen LogP contribution in [0, 0.1) is 0 Å². The number of hydrogen-bond donors (Lipinski definition) is 2. The molecule has 6 heteroatoms. The molecule has 116 valence electrons. The highest BCUT2D eigenvalue weighted by Crippen LogP contribution is 2.40. The maximum absolute atomic E-state index is 12.7. The van der Waals surface area contributed by atoms with Gasteiger partial charge in [0.15, 0.2) is 5.69 Å². The van der Waals surface area contributed by atoms with E-state index in [4.69, 9.17) is 0 Å². The highest BCUT2D eigenvalue weighted by Gasteiger charge is 2.31. The van der Waals surface area contributed by atoms with E-state index in [9.17, 15) is 24.6 Å². The summed E-state index contributed by atoms with van der Waals surface area (Å²) < 4.78 is 0. The predicted octanol–water partition coefficient (Wildman–Crippen LogP) is 2.84. The topological polar surface area (TPSA) is 105 Å². The van der Waals surface area contributed by atoms with Crippen molar-refractivity contribution in [2.45, 2.75) is 0 Å². The third kappa shape index (κ3) is 1.70. The fraction of sp³-hybridized carbons (Fsp3) is 0. The van der Waals surface area contributed by atoms with Gasteiger partial charge in [-0.2, -0.15) is 0 Å². The monoisotopic (exact) mass is 319 g/mol. The number of aromatic carboxylic acids is 2. The lowest BCUT2D eigenvalue weighted by atomic mass is 9.84. The minimum atomic E-state index is -1.48. The first-order valence-electron chi connectivity index (χ1n) is 7.08. The summed E-state index contributed by atoms with van der Waals surface area (Å²) in [7, 11) is 0. The van der Waals surface area contributed by atoms with Crippen molar-refractivity contribution in [1.29, 1.82) is 0 Å². The van der Waals surface area contributed by atoms with E-state index in [1.54, 1.807) is 36.4 Å². The Morgan fingerprint density at radius 2 is 1.50 bits per heavy atom. The molecule has 0 fully saturated rings. The number of carboxylic acids is 2. The van der Waals surface area contributed by atoms with Gasteiger partial charge in [-0.15, -0.1) is 0 Å². The van der Waals surface area contributed by atoms with Crippen LogP contribution < -0.4 is 0 Å². The maximum atomic E-state index is 12.7. The summed E-state index contributed by atoms with van der Waals surface area (Å²) in [6, 6.07) is 11.8. The molecule has 3 aromatic rings. The molecular weight excluding hydrogens is 310 g/mol. The number of pyridine rings is 1. The fourth-order valence-corrected chi connectivity index (χ4v) is 3.17. The zero-order valence-electron chi connectivity index (χ0n) is 12.1. The number of ketones is 1. The molecule has 1 aromatic heterocycles. The minimum Gasteiger partial charge on any atom is -0.478 e. The molecule has 0 saturated heterocycles. The van der Waals surface area contributed by atoms with Gasteiger partial charge in [-0.25, -0.2) is 14.6 Å². The van der Waals surface area contributed by atoms with Crippen LogP contribution in [0.1, 0.15) is 36.9 Å². The molecule has 6 nitrogen and oxygen atoms in total.